The monoisotopic (exact) mass is 219 g/mol. The van der Waals surface area contributed by atoms with Crippen LogP contribution >= 0.6 is 0 Å². The van der Waals surface area contributed by atoms with E-state index in [2.05, 4.69) is 29.1 Å². The van der Waals surface area contributed by atoms with Crippen LogP contribution in [-0.4, -0.2) is 20.9 Å². The van der Waals surface area contributed by atoms with E-state index in [0.717, 1.165) is 24.4 Å². The van der Waals surface area contributed by atoms with Crippen molar-refractivity contribution in [3.8, 4) is 0 Å². The largest absolute Gasteiger partial charge is 0.382 e. The molecule has 0 spiro atoms. The van der Waals surface area contributed by atoms with Crippen LogP contribution in [0.25, 0.3) is 5.65 Å². The highest BCUT2D eigenvalue weighted by Crippen LogP contribution is 2.14. The van der Waals surface area contributed by atoms with Crippen LogP contribution in [0.15, 0.2) is 18.6 Å². The summed E-state index contributed by atoms with van der Waals surface area (Å²) in [5.74, 6) is 1.92. The fraction of sp³-hybridized carbons (Fsp3) is 0.455. The second kappa shape index (κ2) is 4.38. The van der Waals surface area contributed by atoms with Gasteiger partial charge in [0.2, 0.25) is 0 Å². The van der Waals surface area contributed by atoms with E-state index >= 15 is 0 Å². The van der Waals surface area contributed by atoms with Crippen LogP contribution in [0.2, 0.25) is 0 Å². The molecule has 0 aliphatic heterocycles. The van der Waals surface area contributed by atoms with Crippen molar-refractivity contribution >= 4 is 17.3 Å². The molecule has 0 saturated carbocycles. The number of aromatic nitrogens is 3. The molecule has 3 N–H and O–H groups in total. The summed E-state index contributed by atoms with van der Waals surface area (Å²) < 4.78 is 1.88. The van der Waals surface area contributed by atoms with E-state index in [1.807, 2.05) is 10.6 Å². The lowest BCUT2D eigenvalue weighted by Gasteiger charge is -2.09. The standard InChI is InChI=1S/C11H17N5/c1-8(2)3-4-13-10-11-14-5-6-16(11)7-9(12)15-10/h5-8H,3-4,12H2,1-2H3,(H,13,15). The Kier molecular flexibility index (Phi) is 2.94. The van der Waals surface area contributed by atoms with Gasteiger partial charge in [0.15, 0.2) is 11.5 Å². The summed E-state index contributed by atoms with van der Waals surface area (Å²) in [4.78, 5) is 8.49. The third-order valence-electron chi connectivity index (χ3n) is 2.41. The maximum absolute atomic E-state index is 5.72. The third kappa shape index (κ3) is 2.24. The molecule has 86 valence electrons. The van der Waals surface area contributed by atoms with E-state index in [-0.39, 0.29) is 0 Å². The molecule has 0 atom stereocenters. The van der Waals surface area contributed by atoms with Gasteiger partial charge in [0.05, 0.1) is 6.20 Å². The SMILES string of the molecule is CC(C)CCNc1nc(N)cn2ccnc12. The summed E-state index contributed by atoms with van der Waals surface area (Å²) in [6.07, 6.45) is 6.46. The van der Waals surface area contributed by atoms with Crippen molar-refractivity contribution < 1.29 is 0 Å². The highest BCUT2D eigenvalue weighted by molar-refractivity contribution is 5.64. The molecule has 5 heteroatoms. The van der Waals surface area contributed by atoms with Crippen LogP contribution in [0, 0.1) is 5.92 Å². The average molecular weight is 219 g/mol. The van der Waals surface area contributed by atoms with Crippen LogP contribution in [0.1, 0.15) is 20.3 Å². The smallest absolute Gasteiger partial charge is 0.180 e. The predicted molar refractivity (Wildman–Crippen MR) is 65.3 cm³/mol. The van der Waals surface area contributed by atoms with Crippen molar-refractivity contribution in [3.63, 3.8) is 0 Å². The van der Waals surface area contributed by atoms with Crippen LogP contribution < -0.4 is 11.1 Å². The number of anilines is 2. The minimum Gasteiger partial charge on any atom is -0.382 e. The van der Waals surface area contributed by atoms with E-state index in [9.17, 15) is 0 Å². The quantitative estimate of drug-likeness (QED) is 0.822. The molecule has 0 aliphatic carbocycles. The topological polar surface area (TPSA) is 68.2 Å². The summed E-state index contributed by atoms with van der Waals surface area (Å²) in [5, 5.41) is 3.27. The van der Waals surface area contributed by atoms with Crippen LogP contribution in [0.3, 0.4) is 0 Å². The van der Waals surface area contributed by atoms with Crippen LogP contribution in [-0.2, 0) is 0 Å². The Bertz CT molecular complexity index is 474. The third-order valence-corrected chi connectivity index (χ3v) is 2.41. The number of nitrogen functional groups attached to an aromatic ring is 1. The van der Waals surface area contributed by atoms with Crippen molar-refractivity contribution in [1.82, 2.24) is 14.4 Å². The van der Waals surface area contributed by atoms with Gasteiger partial charge in [-0.15, -0.1) is 0 Å². The van der Waals surface area contributed by atoms with E-state index in [1.165, 1.54) is 0 Å². The zero-order valence-corrected chi connectivity index (χ0v) is 9.64. The molecule has 0 saturated heterocycles. The summed E-state index contributed by atoms with van der Waals surface area (Å²) in [6.45, 7) is 5.27. The van der Waals surface area contributed by atoms with Crippen LogP contribution in [0.4, 0.5) is 11.6 Å². The molecule has 0 fully saturated rings. The Balaban J connectivity index is 2.19. The van der Waals surface area contributed by atoms with Gasteiger partial charge in [0, 0.05) is 18.9 Å². The zero-order valence-electron chi connectivity index (χ0n) is 9.64. The first kappa shape index (κ1) is 10.7. The molecule has 5 nitrogen and oxygen atoms in total. The molecule has 2 aromatic rings. The fourth-order valence-electron chi connectivity index (χ4n) is 1.55. The van der Waals surface area contributed by atoms with E-state index in [1.54, 1.807) is 12.4 Å². The number of nitrogens with one attached hydrogen (secondary N) is 1. The van der Waals surface area contributed by atoms with E-state index in [4.69, 9.17) is 5.73 Å². The molecule has 0 aromatic carbocycles. The first-order chi connectivity index (χ1) is 7.66. The normalized spacial score (nSPS) is 11.2. The molecular weight excluding hydrogens is 202 g/mol. The summed E-state index contributed by atoms with van der Waals surface area (Å²) >= 11 is 0. The Hall–Kier alpha value is -1.78. The van der Waals surface area contributed by atoms with Crippen molar-refractivity contribution in [1.29, 1.82) is 0 Å². The first-order valence-corrected chi connectivity index (χ1v) is 5.50. The van der Waals surface area contributed by atoms with E-state index in [0.29, 0.717) is 11.7 Å². The molecular formula is C11H17N5. The van der Waals surface area contributed by atoms with Gasteiger partial charge < -0.3 is 15.5 Å². The Morgan fingerprint density at radius 2 is 2.31 bits per heavy atom. The van der Waals surface area contributed by atoms with Gasteiger partial charge in [-0.05, 0) is 12.3 Å². The highest BCUT2D eigenvalue weighted by Gasteiger charge is 2.05. The summed E-state index contributed by atoms with van der Waals surface area (Å²) in [5.41, 5.74) is 6.53. The number of imidazole rings is 1. The average Bonchev–Trinajstić information content (AvgIpc) is 2.64. The van der Waals surface area contributed by atoms with Gasteiger partial charge in [-0.2, -0.15) is 0 Å². The lowest BCUT2D eigenvalue weighted by Crippen LogP contribution is -2.09. The van der Waals surface area contributed by atoms with Crippen LogP contribution in [0.5, 0.6) is 0 Å². The highest BCUT2D eigenvalue weighted by atomic mass is 15.1. The first-order valence-electron chi connectivity index (χ1n) is 5.50. The maximum atomic E-state index is 5.72. The Labute approximate surface area is 94.7 Å². The lowest BCUT2D eigenvalue weighted by atomic mass is 10.1. The second-order valence-corrected chi connectivity index (χ2v) is 4.28. The number of rotatable bonds is 4. The summed E-state index contributed by atoms with van der Waals surface area (Å²) in [6, 6.07) is 0. The van der Waals surface area contributed by atoms with Gasteiger partial charge in [-0.25, -0.2) is 9.97 Å². The van der Waals surface area contributed by atoms with Crippen molar-refractivity contribution in [2.75, 3.05) is 17.6 Å². The van der Waals surface area contributed by atoms with Crippen molar-refractivity contribution in [2.24, 2.45) is 5.92 Å². The Morgan fingerprint density at radius 1 is 1.50 bits per heavy atom. The Morgan fingerprint density at radius 3 is 3.06 bits per heavy atom. The predicted octanol–water partition coefficient (Wildman–Crippen LogP) is 1.77. The number of hydrogen-bond acceptors (Lipinski definition) is 4. The van der Waals surface area contributed by atoms with Gasteiger partial charge in [0.25, 0.3) is 0 Å². The molecule has 0 radical (unpaired) electrons. The molecule has 0 bridgehead atoms. The summed E-state index contributed by atoms with van der Waals surface area (Å²) in [7, 11) is 0. The minimum atomic E-state index is 0.498. The molecule has 2 aromatic heterocycles. The zero-order chi connectivity index (χ0) is 11.5. The van der Waals surface area contributed by atoms with Gasteiger partial charge in [-0.3, -0.25) is 0 Å². The van der Waals surface area contributed by atoms with Gasteiger partial charge in [-0.1, -0.05) is 13.8 Å². The number of hydrogen-bond donors (Lipinski definition) is 2. The number of nitrogens with two attached hydrogens (primary N) is 1. The maximum Gasteiger partial charge on any atom is 0.180 e. The molecule has 2 heterocycles. The number of fused-ring (bicyclic) bond motifs is 1. The number of nitrogens with zero attached hydrogens (tertiary/aromatic N) is 3. The van der Waals surface area contributed by atoms with Crippen molar-refractivity contribution in [3.05, 3.63) is 18.6 Å². The fourth-order valence-corrected chi connectivity index (χ4v) is 1.55. The van der Waals surface area contributed by atoms with Crippen molar-refractivity contribution in [2.45, 2.75) is 20.3 Å². The minimum absolute atomic E-state index is 0.498. The molecule has 16 heavy (non-hydrogen) atoms. The van der Waals surface area contributed by atoms with Gasteiger partial charge >= 0.3 is 0 Å². The molecule has 0 aliphatic rings. The van der Waals surface area contributed by atoms with E-state index < -0.39 is 0 Å². The molecule has 0 unspecified atom stereocenters. The van der Waals surface area contributed by atoms with Gasteiger partial charge in [0.1, 0.15) is 5.82 Å². The lowest BCUT2D eigenvalue weighted by molar-refractivity contribution is 0.606. The molecule has 2 rings (SSSR count). The second-order valence-electron chi connectivity index (χ2n) is 4.28. The molecule has 0 amide bonds.